The maximum absolute atomic E-state index is 12.2. The van der Waals surface area contributed by atoms with Crippen molar-refractivity contribution in [1.29, 1.82) is 0 Å². The first-order valence-electron chi connectivity index (χ1n) is 9.58. The number of nitrogens with zero attached hydrogens (tertiary/aromatic N) is 2. The van der Waals surface area contributed by atoms with Crippen LogP contribution in [0, 0.1) is 5.92 Å². The molecule has 2 amide bonds. The van der Waals surface area contributed by atoms with Gasteiger partial charge >= 0.3 is 0 Å². The first-order chi connectivity index (χ1) is 13.5. The third-order valence-corrected chi connectivity index (χ3v) is 6.09. The summed E-state index contributed by atoms with van der Waals surface area (Å²) in [5, 5.41) is 14.0. The van der Waals surface area contributed by atoms with Crippen molar-refractivity contribution in [3.63, 3.8) is 0 Å². The maximum atomic E-state index is 12.2. The van der Waals surface area contributed by atoms with Crippen LogP contribution < -0.4 is 15.4 Å². The van der Waals surface area contributed by atoms with Gasteiger partial charge in [-0.1, -0.05) is 31.0 Å². The van der Waals surface area contributed by atoms with E-state index in [4.69, 9.17) is 4.74 Å². The molecule has 28 heavy (non-hydrogen) atoms. The van der Waals surface area contributed by atoms with E-state index in [-0.39, 0.29) is 18.2 Å². The molecule has 8 heteroatoms. The summed E-state index contributed by atoms with van der Waals surface area (Å²) in [6.07, 6.45) is 6.18. The third kappa shape index (κ3) is 5.58. The fourth-order valence-corrected chi connectivity index (χ4v) is 4.29. The number of benzene rings is 1. The Bertz CT molecular complexity index is 770. The number of methoxy groups -OCH3 is 1. The van der Waals surface area contributed by atoms with Gasteiger partial charge < -0.3 is 15.4 Å². The predicted octanol–water partition coefficient (Wildman–Crippen LogP) is 3.57. The van der Waals surface area contributed by atoms with Gasteiger partial charge in [-0.2, -0.15) is 5.10 Å². The zero-order valence-electron chi connectivity index (χ0n) is 16.2. The molecule has 1 unspecified atom stereocenters. The molecule has 2 fully saturated rings. The molecule has 2 aliphatic rings. The number of carbonyl (C=O) groups is 2. The minimum atomic E-state index is -0.498. The van der Waals surface area contributed by atoms with Crippen LogP contribution in [0.2, 0.25) is 0 Å². The van der Waals surface area contributed by atoms with E-state index in [1.807, 2.05) is 6.92 Å². The fourth-order valence-electron chi connectivity index (χ4n) is 3.37. The molecule has 7 nitrogen and oxygen atoms in total. The van der Waals surface area contributed by atoms with E-state index in [1.165, 1.54) is 31.0 Å². The lowest BCUT2D eigenvalue weighted by Crippen LogP contribution is -2.28. The number of anilines is 1. The Hall–Kier alpha value is -2.35. The van der Waals surface area contributed by atoms with Gasteiger partial charge in [-0.25, -0.2) is 0 Å². The van der Waals surface area contributed by atoms with Crippen molar-refractivity contribution in [2.75, 3.05) is 12.4 Å². The molecule has 1 aliphatic heterocycles. The van der Waals surface area contributed by atoms with Crippen molar-refractivity contribution < 1.29 is 14.3 Å². The Morgan fingerprint density at radius 1 is 1.25 bits per heavy atom. The van der Waals surface area contributed by atoms with Gasteiger partial charge in [0.1, 0.15) is 11.0 Å². The Labute approximate surface area is 169 Å². The van der Waals surface area contributed by atoms with Crippen LogP contribution in [0.25, 0.3) is 0 Å². The minimum Gasteiger partial charge on any atom is -0.497 e. The van der Waals surface area contributed by atoms with Crippen molar-refractivity contribution in [3.05, 3.63) is 24.3 Å². The molecule has 0 radical (unpaired) electrons. The number of amides is 2. The molecule has 0 bridgehead atoms. The van der Waals surface area contributed by atoms with Crippen LogP contribution >= 0.6 is 11.8 Å². The lowest BCUT2D eigenvalue weighted by atomic mass is 9.86. The number of rotatable bonds is 6. The Morgan fingerprint density at radius 2 is 1.96 bits per heavy atom. The Kier molecular flexibility index (Phi) is 7.08. The molecular formula is C20H26N4O3S. The van der Waals surface area contributed by atoms with E-state index in [0.717, 1.165) is 18.6 Å². The average molecular weight is 403 g/mol. The molecule has 1 atom stereocenters. The highest BCUT2D eigenvalue weighted by molar-refractivity contribution is 8.15. The number of carbonyl (C=O) groups excluding carboxylic acids is 2. The predicted molar refractivity (Wildman–Crippen MR) is 113 cm³/mol. The molecule has 0 spiro atoms. The van der Waals surface area contributed by atoms with E-state index >= 15 is 0 Å². The highest BCUT2D eigenvalue weighted by atomic mass is 32.2. The molecule has 2 N–H and O–H groups in total. The number of hydrogen-bond donors (Lipinski definition) is 2. The van der Waals surface area contributed by atoms with Crippen molar-refractivity contribution in [2.45, 2.75) is 50.7 Å². The Morgan fingerprint density at radius 3 is 2.64 bits per heavy atom. The quantitative estimate of drug-likeness (QED) is 0.562. The zero-order valence-corrected chi connectivity index (χ0v) is 17.1. The number of ether oxygens (including phenoxy) is 1. The maximum Gasteiger partial charge on any atom is 0.240 e. The summed E-state index contributed by atoms with van der Waals surface area (Å²) in [6, 6.07) is 7.05. The topological polar surface area (TPSA) is 92.2 Å². The molecule has 1 saturated carbocycles. The zero-order chi connectivity index (χ0) is 19.9. The molecule has 1 saturated heterocycles. The second-order valence-corrected chi connectivity index (χ2v) is 8.25. The Balaban J connectivity index is 1.52. The fraction of sp³-hybridized carbons (Fsp3) is 0.500. The largest absolute Gasteiger partial charge is 0.497 e. The van der Waals surface area contributed by atoms with Gasteiger partial charge in [0.05, 0.1) is 7.11 Å². The van der Waals surface area contributed by atoms with Crippen LogP contribution in [-0.2, 0) is 9.59 Å². The highest BCUT2D eigenvalue weighted by Gasteiger charge is 2.32. The van der Waals surface area contributed by atoms with E-state index in [0.29, 0.717) is 22.5 Å². The summed E-state index contributed by atoms with van der Waals surface area (Å²) in [7, 11) is 1.59. The molecule has 3 rings (SSSR count). The third-order valence-electron chi connectivity index (χ3n) is 5.02. The molecule has 1 heterocycles. The van der Waals surface area contributed by atoms with E-state index in [2.05, 4.69) is 20.8 Å². The monoisotopic (exact) mass is 402 g/mol. The average Bonchev–Trinajstić information content (AvgIpc) is 3.06. The second kappa shape index (κ2) is 9.73. The summed E-state index contributed by atoms with van der Waals surface area (Å²) in [4.78, 5) is 24.4. The molecule has 1 aromatic rings. The van der Waals surface area contributed by atoms with Crippen LogP contribution in [0.15, 0.2) is 34.5 Å². The van der Waals surface area contributed by atoms with Crippen molar-refractivity contribution in [1.82, 2.24) is 5.32 Å². The normalized spacial score (nSPS) is 22.2. The first-order valence-corrected chi connectivity index (χ1v) is 10.5. The molecule has 0 aromatic heterocycles. The number of hydrogen-bond acceptors (Lipinski definition) is 6. The van der Waals surface area contributed by atoms with Crippen LogP contribution in [0.4, 0.5) is 5.69 Å². The van der Waals surface area contributed by atoms with Crippen molar-refractivity contribution >= 4 is 40.1 Å². The van der Waals surface area contributed by atoms with Crippen LogP contribution in [0.3, 0.4) is 0 Å². The summed E-state index contributed by atoms with van der Waals surface area (Å²) in [6.45, 7) is 2.00. The van der Waals surface area contributed by atoms with Gasteiger partial charge in [-0.15, -0.1) is 5.10 Å². The SMILES string of the molecule is COc1ccc(NC(=O)CC2S/C(=N/N=C(C)C3CCCCC3)NC2=O)cc1. The number of amidine groups is 1. The summed E-state index contributed by atoms with van der Waals surface area (Å²) < 4.78 is 5.09. The van der Waals surface area contributed by atoms with Gasteiger partial charge in [-0.05, 0) is 49.9 Å². The molecule has 1 aromatic carbocycles. The van der Waals surface area contributed by atoms with Gasteiger partial charge in [0.2, 0.25) is 11.8 Å². The van der Waals surface area contributed by atoms with Crippen molar-refractivity contribution in [3.8, 4) is 5.75 Å². The standard InChI is InChI=1S/C20H26N4O3S/c1-13(14-6-4-3-5-7-14)23-24-20-22-19(26)17(28-20)12-18(25)21-15-8-10-16(27-2)11-9-15/h8-11,14,17H,3-7,12H2,1-2H3,(H,21,25)(H,22,24,26). The smallest absolute Gasteiger partial charge is 0.240 e. The molecule has 150 valence electrons. The van der Waals surface area contributed by atoms with Gasteiger partial charge in [0, 0.05) is 17.8 Å². The summed E-state index contributed by atoms with van der Waals surface area (Å²) in [5.74, 6) is 0.778. The van der Waals surface area contributed by atoms with E-state index in [1.54, 1.807) is 31.4 Å². The van der Waals surface area contributed by atoms with Crippen molar-refractivity contribution in [2.24, 2.45) is 16.1 Å². The van der Waals surface area contributed by atoms with Crippen LogP contribution in [0.1, 0.15) is 45.4 Å². The molecule has 1 aliphatic carbocycles. The number of nitrogens with one attached hydrogen (secondary N) is 2. The van der Waals surface area contributed by atoms with Crippen LogP contribution in [0.5, 0.6) is 5.75 Å². The molecular weight excluding hydrogens is 376 g/mol. The first kappa shape index (κ1) is 20.4. The van der Waals surface area contributed by atoms with E-state index < -0.39 is 5.25 Å². The number of thioether (sulfide) groups is 1. The van der Waals surface area contributed by atoms with E-state index in [9.17, 15) is 9.59 Å². The van der Waals surface area contributed by atoms with Gasteiger partial charge in [0.25, 0.3) is 0 Å². The summed E-state index contributed by atoms with van der Waals surface area (Å²) in [5.41, 5.74) is 1.68. The lowest BCUT2D eigenvalue weighted by Gasteiger charge is -2.20. The van der Waals surface area contributed by atoms with Gasteiger partial charge in [-0.3, -0.25) is 9.59 Å². The summed E-state index contributed by atoms with van der Waals surface area (Å²) >= 11 is 1.25. The second-order valence-electron chi connectivity index (χ2n) is 7.06. The highest BCUT2D eigenvalue weighted by Crippen LogP contribution is 2.26. The van der Waals surface area contributed by atoms with Gasteiger partial charge in [0.15, 0.2) is 5.17 Å². The van der Waals surface area contributed by atoms with Crippen LogP contribution in [-0.4, -0.2) is 35.1 Å². The lowest BCUT2D eigenvalue weighted by molar-refractivity contribution is -0.122. The minimum absolute atomic E-state index is 0.0763.